The van der Waals surface area contributed by atoms with Crippen LogP contribution in [0.2, 0.25) is 0 Å². The third-order valence-corrected chi connectivity index (χ3v) is 2.87. The average Bonchev–Trinajstić information content (AvgIpc) is 2.19. The molecule has 0 atom stereocenters. The Balaban J connectivity index is 2.59. The lowest BCUT2D eigenvalue weighted by molar-refractivity contribution is 0.101. The van der Waals surface area contributed by atoms with Gasteiger partial charge in [0, 0.05) is 16.2 Å². The second-order valence-electron chi connectivity index (χ2n) is 2.98. The Labute approximate surface area is 87.7 Å². The van der Waals surface area contributed by atoms with Crippen LogP contribution in [0.1, 0.15) is 23.7 Å². The van der Waals surface area contributed by atoms with Crippen LogP contribution in [0.5, 0.6) is 0 Å². The lowest BCUT2D eigenvalue weighted by Gasteiger charge is -2.01. The second-order valence-corrected chi connectivity index (χ2v) is 4.14. The van der Waals surface area contributed by atoms with Crippen LogP contribution >= 0.6 is 11.8 Å². The highest BCUT2D eigenvalue weighted by Gasteiger charge is 2.00. The first-order chi connectivity index (χ1) is 6.74. The molecule has 0 saturated heterocycles. The lowest BCUT2D eigenvalue weighted by Crippen LogP contribution is -1.91. The van der Waals surface area contributed by atoms with Gasteiger partial charge in [-0.05, 0) is 25.5 Å². The van der Waals surface area contributed by atoms with Crippen molar-refractivity contribution in [3.8, 4) is 0 Å². The van der Waals surface area contributed by atoms with E-state index in [0.29, 0.717) is 6.42 Å². The molecule has 0 unspecified atom stereocenters. The maximum absolute atomic E-state index is 11.8. The molecule has 0 N–H and O–H groups in total. The fraction of sp³-hybridized carbons (Fsp3) is 0.364. The van der Waals surface area contributed by atoms with E-state index in [0.717, 1.165) is 16.2 Å². The Bertz CT molecular complexity index is 312. The Hall–Kier alpha value is -0.830. The standard InChI is InChI=1S/C11H13FOS/c1-9(13)10-4-2-5-11(8-10)14-7-3-6-12/h2,4-5,8H,3,6-7H2,1H3. The van der Waals surface area contributed by atoms with Crippen molar-refractivity contribution in [2.24, 2.45) is 0 Å². The summed E-state index contributed by atoms with van der Waals surface area (Å²) in [5.41, 5.74) is 0.718. The largest absolute Gasteiger partial charge is 0.295 e. The van der Waals surface area contributed by atoms with Gasteiger partial charge in [0.2, 0.25) is 0 Å². The topological polar surface area (TPSA) is 17.1 Å². The Morgan fingerprint density at radius 3 is 2.93 bits per heavy atom. The molecule has 0 heterocycles. The summed E-state index contributed by atoms with van der Waals surface area (Å²) in [7, 11) is 0. The Kier molecular flexibility index (Phi) is 4.66. The number of ketones is 1. The fourth-order valence-electron chi connectivity index (χ4n) is 1.05. The maximum atomic E-state index is 11.8. The van der Waals surface area contributed by atoms with Crippen LogP contribution in [0.4, 0.5) is 4.39 Å². The van der Waals surface area contributed by atoms with Crippen LogP contribution in [0.25, 0.3) is 0 Å². The van der Waals surface area contributed by atoms with Gasteiger partial charge < -0.3 is 0 Å². The zero-order chi connectivity index (χ0) is 10.4. The predicted molar refractivity (Wildman–Crippen MR) is 57.8 cm³/mol. The van der Waals surface area contributed by atoms with Crippen LogP contribution in [-0.4, -0.2) is 18.2 Å². The molecule has 0 bridgehead atoms. The number of halogens is 1. The maximum Gasteiger partial charge on any atom is 0.159 e. The summed E-state index contributed by atoms with van der Waals surface area (Å²) in [6.07, 6.45) is 0.564. The minimum Gasteiger partial charge on any atom is -0.295 e. The van der Waals surface area contributed by atoms with Crippen molar-refractivity contribution in [1.29, 1.82) is 0 Å². The fourth-order valence-corrected chi connectivity index (χ4v) is 1.92. The number of benzene rings is 1. The van der Waals surface area contributed by atoms with E-state index < -0.39 is 0 Å². The molecule has 1 rings (SSSR count). The van der Waals surface area contributed by atoms with Crippen LogP contribution in [0.15, 0.2) is 29.2 Å². The Morgan fingerprint density at radius 2 is 2.29 bits per heavy atom. The van der Waals surface area contributed by atoms with Gasteiger partial charge in [-0.2, -0.15) is 0 Å². The van der Waals surface area contributed by atoms with E-state index >= 15 is 0 Å². The molecule has 0 aromatic heterocycles. The van der Waals surface area contributed by atoms with Crippen molar-refractivity contribution in [2.45, 2.75) is 18.2 Å². The summed E-state index contributed by atoms with van der Waals surface area (Å²) in [5.74, 6) is 0.829. The molecule has 0 fully saturated rings. The van der Waals surface area contributed by atoms with E-state index in [-0.39, 0.29) is 12.5 Å². The van der Waals surface area contributed by atoms with Gasteiger partial charge in [0.05, 0.1) is 6.67 Å². The summed E-state index contributed by atoms with van der Waals surface area (Å²) in [6, 6.07) is 7.44. The molecule has 1 aromatic rings. The van der Waals surface area contributed by atoms with E-state index in [2.05, 4.69) is 0 Å². The number of Topliss-reactive ketones (excluding diaryl/α,β-unsaturated/α-hetero) is 1. The first-order valence-corrected chi connectivity index (χ1v) is 5.52. The molecule has 3 heteroatoms. The summed E-state index contributed by atoms with van der Waals surface area (Å²) >= 11 is 1.58. The molecule has 0 aliphatic carbocycles. The van der Waals surface area contributed by atoms with Gasteiger partial charge >= 0.3 is 0 Å². The zero-order valence-corrected chi connectivity index (χ0v) is 8.94. The Morgan fingerprint density at radius 1 is 1.50 bits per heavy atom. The van der Waals surface area contributed by atoms with Gasteiger partial charge in [-0.1, -0.05) is 12.1 Å². The normalized spacial score (nSPS) is 10.1. The number of thioether (sulfide) groups is 1. The van der Waals surface area contributed by atoms with Gasteiger partial charge in [0.15, 0.2) is 5.78 Å². The van der Waals surface area contributed by atoms with E-state index in [1.165, 1.54) is 0 Å². The van der Waals surface area contributed by atoms with Crippen molar-refractivity contribution in [2.75, 3.05) is 12.4 Å². The third kappa shape index (κ3) is 3.50. The number of hydrogen-bond acceptors (Lipinski definition) is 2. The average molecular weight is 212 g/mol. The molecule has 0 saturated carbocycles. The molecule has 76 valence electrons. The highest BCUT2D eigenvalue weighted by molar-refractivity contribution is 7.99. The molecule has 0 radical (unpaired) electrons. The molecule has 1 nitrogen and oxygen atoms in total. The number of carbonyl (C=O) groups is 1. The van der Waals surface area contributed by atoms with Gasteiger partial charge in [-0.3, -0.25) is 9.18 Å². The summed E-state index contributed by atoms with van der Waals surface area (Å²) < 4.78 is 11.8. The monoisotopic (exact) mass is 212 g/mol. The van der Waals surface area contributed by atoms with E-state index in [1.54, 1.807) is 24.8 Å². The quantitative estimate of drug-likeness (QED) is 0.423. The lowest BCUT2D eigenvalue weighted by atomic mass is 10.2. The SMILES string of the molecule is CC(=O)c1cccc(SCCCF)c1. The van der Waals surface area contributed by atoms with E-state index in [9.17, 15) is 9.18 Å². The molecule has 0 amide bonds. The smallest absolute Gasteiger partial charge is 0.159 e. The molecule has 0 aliphatic heterocycles. The molecule has 0 aliphatic rings. The van der Waals surface area contributed by atoms with E-state index in [4.69, 9.17) is 0 Å². The minimum absolute atomic E-state index is 0.0675. The van der Waals surface area contributed by atoms with Crippen molar-refractivity contribution in [1.82, 2.24) is 0 Å². The molecule has 0 spiro atoms. The first kappa shape index (κ1) is 11.2. The summed E-state index contributed by atoms with van der Waals surface area (Å²) in [4.78, 5) is 12.1. The zero-order valence-electron chi connectivity index (χ0n) is 8.13. The number of alkyl halides is 1. The molecular formula is C11H13FOS. The van der Waals surface area contributed by atoms with Gasteiger partial charge in [0.1, 0.15) is 0 Å². The van der Waals surface area contributed by atoms with Crippen molar-refractivity contribution >= 4 is 17.5 Å². The third-order valence-electron chi connectivity index (χ3n) is 1.79. The van der Waals surface area contributed by atoms with Crippen LogP contribution in [-0.2, 0) is 0 Å². The summed E-state index contributed by atoms with van der Waals surface area (Å²) in [6.45, 7) is 1.27. The first-order valence-electron chi connectivity index (χ1n) is 4.54. The molecular weight excluding hydrogens is 199 g/mol. The van der Waals surface area contributed by atoms with Gasteiger partial charge in [-0.15, -0.1) is 11.8 Å². The van der Waals surface area contributed by atoms with Crippen molar-refractivity contribution in [3.63, 3.8) is 0 Å². The predicted octanol–water partition coefficient (Wildman–Crippen LogP) is 3.34. The van der Waals surface area contributed by atoms with E-state index in [1.807, 2.05) is 18.2 Å². The number of rotatable bonds is 5. The highest BCUT2D eigenvalue weighted by Crippen LogP contribution is 2.20. The van der Waals surface area contributed by atoms with Crippen molar-refractivity contribution < 1.29 is 9.18 Å². The second kappa shape index (κ2) is 5.81. The van der Waals surface area contributed by atoms with Gasteiger partial charge in [0.25, 0.3) is 0 Å². The van der Waals surface area contributed by atoms with Crippen LogP contribution < -0.4 is 0 Å². The number of hydrogen-bond donors (Lipinski definition) is 0. The van der Waals surface area contributed by atoms with Crippen molar-refractivity contribution in [3.05, 3.63) is 29.8 Å². The molecule has 1 aromatic carbocycles. The minimum atomic E-state index is -0.278. The highest BCUT2D eigenvalue weighted by atomic mass is 32.2. The van der Waals surface area contributed by atoms with Gasteiger partial charge in [-0.25, -0.2) is 0 Å². The van der Waals surface area contributed by atoms with Crippen LogP contribution in [0, 0.1) is 0 Å². The number of carbonyl (C=O) groups excluding carboxylic acids is 1. The summed E-state index contributed by atoms with van der Waals surface area (Å²) in [5, 5.41) is 0. The molecule has 14 heavy (non-hydrogen) atoms. The van der Waals surface area contributed by atoms with Crippen LogP contribution in [0.3, 0.4) is 0 Å².